The van der Waals surface area contributed by atoms with E-state index < -0.39 is 12.1 Å². The predicted molar refractivity (Wildman–Crippen MR) is 90.2 cm³/mol. The summed E-state index contributed by atoms with van der Waals surface area (Å²) in [5.74, 6) is -0.402. The van der Waals surface area contributed by atoms with Crippen molar-refractivity contribution < 1.29 is 14.3 Å². The Balaban J connectivity index is 1.89. The predicted octanol–water partition coefficient (Wildman–Crippen LogP) is 2.31. The van der Waals surface area contributed by atoms with E-state index >= 15 is 0 Å². The second-order valence-corrected chi connectivity index (χ2v) is 5.82. The summed E-state index contributed by atoms with van der Waals surface area (Å²) < 4.78 is 6.75. The molecule has 2 rings (SSSR count). The fraction of sp³-hybridized carbons (Fsp3) is 0.353. The number of nitrogens with zero attached hydrogens (tertiary/aromatic N) is 2. The van der Waals surface area contributed by atoms with Gasteiger partial charge in [0, 0.05) is 13.2 Å². The van der Waals surface area contributed by atoms with Crippen LogP contribution in [-0.4, -0.2) is 27.8 Å². The number of rotatable bonds is 6. The van der Waals surface area contributed by atoms with Crippen molar-refractivity contribution in [2.75, 3.05) is 5.32 Å². The van der Waals surface area contributed by atoms with Crippen molar-refractivity contribution in [3.05, 3.63) is 48.3 Å². The Morgan fingerprint density at radius 1 is 1.25 bits per heavy atom. The number of ether oxygens (including phenoxy) is 1. The lowest BCUT2D eigenvalue weighted by Gasteiger charge is -2.21. The van der Waals surface area contributed by atoms with Gasteiger partial charge in [-0.2, -0.15) is 5.10 Å². The molecule has 0 aliphatic carbocycles. The molecule has 24 heavy (non-hydrogen) atoms. The van der Waals surface area contributed by atoms with Crippen molar-refractivity contribution in [1.29, 1.82) is 0 Å². The van der Waals surface area contributed by atoms with E-state index in [2.05, 4.69) is 15.7 Å². The maximum absolute atomic E-state index is 12.4. The number of benzene rings is 1. The number of carbonyl (C=O) groups excluding carboxylic acids is 2. The van der Waals surface area contributed by atoms with Crippen LogP contribution in [0.3, 0.4) is 0 Å². The molecule has 0 bridgehead atoms. The molecule has 7 nitrogen and oxygen atoms in total. The molecule has 0 radical (unpaired) electrons. The van der Waals surface area contributed by atoms with Crippen LogP contribution in [0.5, 0.6) is 0 Å². The maximum atomic E-state index is 12.4. The van der Waals surface area contributed by atoms with Gasteiger partial charge >= 0.3 is 6.09 Å². The van der Waals surface area contributed by atoms with Crippen molar-refractivity contribution in [2.24, 2.45) is 13.0 Å². The lowest BCUT2D eigenvalue weighted by atomic mass is 10.0. The third kappa shape index (κ3) is 5.12. The molecule has 0 fully saturated rings. The zero-order valence-electron chi connectivity index (χ0n) is 14.0. The fourth-order valence-corrected chi connectivity index (χ4v) is 2.13. The molecule has 2 aromatic rings. The Labute approximate surface area is 141 Å². The number of carbonyl (C=O) groups is 2. The summed E-state index contributed by atoms with van der Waals surface area (Å²) in [5.41, 5.74) is 1.46. The van der Waals surface area contributed by atoms with Crippen molar-refractivity contribution in [3.63, 3.8) is 0 Å². The fourth-order valence-electron chi connectivity index (χ4n) is 2.13. The minimum absolute atomic E-state index is 0.0917. The highest BCUT2D eigenvalue weighted by molar-refractivity contribution is 5.96. The topological polar surface area (TPSA) is 85.2 Å². The Morgan fingerprint density at radius 2 is 1.96 bits per heavy atom. The standard InChI is InChI=1S/C17H22N4O3/c1-12(2)15(16(22)19-14-9-18-21(3)10-14)20-17(23)24-11-13-7-5-4-6-8-13/h4-10,12,15H,11H2,1-3H3,(H,19,22)(H,20,23)/t15-/m1/s1. The number of hydrogen-bond acceptors (Lipinski definition) is 4. The van der Waals surface area contributed by atoms with Crippen molar-refractivity contribution in [2.45, 2.75) is 26.5 Å². The van der Waals surface area contributed by atoms with Crippen LogP contribution in [0, 0.1) is 5.92 Å². The van der Waals surface area contributed by atoms with Crippen molar-refractivity contribution in [1.82, 2.24) is 15.1 Å². The van der Waals surface area contributed by atoms with Crippen LogP contribution >= 0.6 is 0 Å². The van der Waals surface area contributed by atoms with Gasteiger partial charge in [-0.25, -0.2) is 4.79 Å². The molecule has 7 heteroatoms. The van der Waals surface area contributed by atoms with Gasteiger partial charge in [0.25, 0.3) is 0 Å². The van der Waals surface area contributed by atoms with Gasteiger partial charge in [-0.05, 0) is 11.5 Å². The average molecular weight is 330 g/mol. The molecule has 1 aromatic carbocycles. The SMILES string of the molecule is CC(C)[C@@H](NC(=O)OCc1ccccc1)C(=O)Nc1cnn(C)c1. The molecule has 2 N–H and O–H groups in total. The van der Waals surface area contributed by atoms with Gasteiger partial charge in [0.1, 0.15) is 12.6 Å². The lowest BCUT2D eigenvalue weighted by molar-refractivity contribution is -0.119. The molecule has 128 valence electrons. The van der Waals surface area contributed by atoms with Crippen LogP contribution in [0.25, 0.3) is 0 Å². The van der Waals surface area contributed by atoms with E-state index in [1.807, 2.05) is 44.2 Å². The van der Waals surface area contributed by atoms with E-state index in [9.17, 15) is 9.59 Å². The quantitative estimate of drug-likeness (QED) is 0.851. The normalized spacial score (nSPS) is 11.8. The molecule has 1 heterocycles. The number of anilines is 1. The second kappa shape index (κ2) is 8.14. The van der Waals surface area contributed by atoms with Crippen LogP contribution in [0.1, 0.15) is 19.4 Å². The molecule has 1 atom stereocenters. The summed E-state index contributed by atoms with van der Waals surface area (Å²) in [4.78, 5) is 24.3. The summed E-state index contributed by atoms with van der Waals surface area (Å²) in [6, 6.07) is 8.66. The van der Waals surface area contributed by atoms with Crippen LogP contribution in [0.15, 0.2) is 42.7 Å². The number of aromatic nitrogens is 2. The van der Waals surface area contributed by atoms with Gasteiger partial charge in [-0.15, -0.1) is 0 Å². The Bertz CT molecular complexity index is 682. The van der Waals surface area contributed by atoms with E-state index in [1.54, 1.807) is 24.1 Å². The van der Waals surface area contributed by atoms with Crippen LogP contribution in [-0.2, 0) is 23.2 Å². The summed E-state index contributed by atoms with van der Waals surface area (Å²) >= 11 is 0. The van der Waals surface area contributed by atoms with Gasteiger partial charge in [0.15, 0.2) is 0 Å². The smallest absolute Gasteiger partial charge is 0.408 e. The monoisotopic (exact) mass is 330 g/mol. The number of nitrogens with one attached hydrogen (secondary N) is 2. The zero-order chi connectivity index (χ0) is 17.5. The van der Waals surface area contributed by atoms with Crippen molar-refractivity contribution in [3.8, 4) is 0 Å². The molecule has 1 aromatic heterocycles. The van der Waals surface area contributed by atoms with E-state index in [0.29, 0.717) is 5.69 Å². The van der Waals surface area contributed by atoms with E-state index in [1.165, 1.54) is 0 Å². The van der Waals surface area contributed by atoms with Gasteiger partial charge in [0.2, 0.25) is 5.91 Å². The van der Waals surface area contributed by atoms with Gasteiger partial charge in [-0.1, -0.05) is 44.2 Å². The molecular weight excluding hydrogens is 308 g/mol. The third-order valence-electron chi connectivity index (χ3n) is 3.41. The molecule has 0 unspecified atom stereocenters. The Morgan fingerprint density at radius 3 is 2.54 bits per heavy atom. The van der Waals surface area contributed by atoms with Gasteiger partial charge < -0.3 is 15.4 Å². The first kappa shape index (κ1) is 17.5. The number of alkyl carbamates (subject to hydrolysis) is 1. The van der Waals surface area contributed by atoms with Gasteiger partial charge in [0.05, 0.1) is 11.9 Å². The van der Waals surface area contributed by atoms with Gasteiger partial charge in [-0.3, -0.25) is 9.48 Å². The summed E-state index contributed by atoms with van der Waals surface area (Å²) in [7, 11) is 1.76. The largest absolute Gasteiger partial charge is 0.445 e. The summed E-state index contributed by atoms with van der Waals surface area (Å²) in [6.07, 6.45) is 2.60. The maximum Gasteiger partial charge on any atom is 0.408 e. The number of amides is 2. The Hall–Kier alpha value is -2.83. The second-order valence-electron chi connectivity index (χ2n) is 5.82. The number of hydrogen-bond donors (Lipinski definition) is 2. The highest BCUT2D eigenvalue weighted by Gasteiger charge is 2.25. The molecule has 0 aliphatic heterocycles. The molecule has 0 aliphatic rings. The highest BCUT2D eigenvalue weighted by Crippen LogP contribution is 2.09. The first-order chi connectivity index (χ1) is 11.5. The minimum Gasteiger partial charge on any atom is -0.445 e. The van der Waals surface area contributed by atoms with E-state index in [-0.39, 0.29) is 18.4 Å². The average Bonchev–Trinajstić information content (AvgIpc) is 2.96. The number of aryl methyl sites for hydroxylation is 1. The molecule has 0 saturated heterocycles. The van der Waals surface area contributed by atoms with E-state index in [0.717, 1.165) is 5.56 Å². The molecule has 0 saturated carbocycles. The molecular formula is C17H22N4O3. The van der Waals surface area contributed by atoms with Crippen LogP contribution in [0.2, 0.25) is 0 Å². The zero-order valence-corrected chi connectivity index (χ0v) is 14.0. The first-order valence-electron chi connectivity index (χ1n) is 7.72. The highest BCUT2D eigenvalue weighted by atomic mass is 16.5. The Kier molecular flexibility index (Phi) is 5.95. The van der Waals surface area contributed by atoms with Crippen LogP contribution in [0.4, 0.5) is 10.5 Å². The minimum atomic E-state index is -0.700. The third-order valence-corrected chi connectivity index (χ3v) is 3.41. The summed E-state index contributed by atoms with van der Waals surface area (Å²) in [5, 5.41) is 9.33. The molecule has 0 spiro atoms. The molecule has 2 amide bonds. The summed E-state index contributed by atoms with van der Waals surface area (Å²) in [6.45, 7) is 3.86. The van der Waals surface area contributed by atoms with Crippen LogP contribution < -0.4 is 10.6 Å². The lowest BCUT2D eigenvalue weighted by Crippen LogP contribution is -2.47. The van der Waals surface area contributed by atoms with E-state index in [4.69, 9.17) is 4.74 Å². The van der Waals surface area contributed by atoms with Crippen molar-refractivity contribution >= 4 is 17.7 Å². The first-order valence-corrected chi connectivity index (χ1v) is 7.72.